The maximum atomic E-state index is 10.3. The summed E-state index contributed by atoms with van der Waals surface area (Å²) in [6, 6.07) is 13.2. The molecule has 1 N–H and O–H groups in total. The van der Waals surface area contributed by atoms with Gasteiger partial charge in [0, 0.05) is 73.1 Å². The van der Waals surface area contributed by atoms with Gasteiger partial charge in [0.15, 0.2) is 5.60 Å². The van der Waals surface area contributed by atoms with Gasteiger partial charge >= 0.3 is 0 Å². The van der Waals surface area contributed by atoms with Crippen LogP contribution in [0.15, 0.2) is 55.1 Å². The van der Waals surface area contributed by atoms with Crippen LogP contribution in [0.3, 0.4) is 0 Å². The number of methoxy groups -OCH3 is 1. The molecule has 4 aromatic rings. The Morgan fingerprint density at radius 3 is 2.62 bits per heavy atom. The van der Waals surface area contributed by atoms with Crippen molar-refractivity contribution in [1.82, 2.24) is 24.5 Å². The molecule has 0 spiro atoms. The monoisotopic (exact) mass is 533 g/mol. The number of piperazine rings is 1. The smallest absolute Gasteiger partial charge is 0.212 e. The van der Waals surface area contributed by atoms with E-state index in [0.29, 0.717) is 34.6 Å². The molecule has 8 rings (SSSR count). The molecule has 0 aliphatic carbocycles. The van der Waals surface area contributed by atoms with Crippen molar-refractivity contribution in [3.63, 3.8) is 0 Å². The summed E-state index contributed by atoms with van der Waals surface area (Å²) in [5.74, 6) is 7.52. The number of pyridine rings is 3. The van der Waals surface area contributed by atoms with Crippen LogP contribution in [0.1, 0.15) is 23.1 Å². The lowest BCUT2D eigenvalue weighted by atomic mass is 9.87. The SMILES string of the molecule is COc1ccc(CN2C3CC2CN(c2ccc(-c4cc(C#CC5(O)COC5)cn5ncc(C#N)c45)cn2)C3)cn1. The minimum absolute atomic E-state index is 0.204. The molecule has 0 amide bonds. The Hall–Kier alpha value is -4.48. The molecule has 4 aromatic heterocycles. The van der Waals surface area contributed by atoms with Gasteiger partial charge in [-0.1, -0.05) is 17.9 Å². The number of nitrogens with zero attached hydrogens (tertiary/aromatic N) is 7. The fraction of sp³-hybridized carbons (Fsp3) is 0.333. The Labute approximate surface area is 231 Å². The van der Waals surface area contributed by atoms with Crippen molar-refractivity contribution in [2.24, 2.45) is 0 Å². The van der Waals surface area contributed by atoms with Gasteiger partial charge in [-0.2, -0.15) is 10.4 Å². The second kappa shape index (κ2) is 9.61. The lowest BCUT2D eigenvalue weighted by Gasteiger charge is -2.56. The molecule has 4 aliphatic heterocycles. The first-order valence-corrected chi connectivity index (χ1v) is 13.2. The van der Waals surface area contributed by atoms with E-state index in [0.717, 1.165) is 36.6 Å². The summed E-state index contributed by atoms with van der Waals surface area (Å²) in [5.41, 5.74) is 3.63. The van der Waals surface area contributed by atoms with Gasteiger partial charge in [-0.15, -0.1) is 0 Å². The first-order chi connectivity index (χ1) is 19.5. The third kappa shape index (κ3) is 4.33. The quantitative estimate of drug-likeness (QED) is 0.386. The average Bonchev–Trinajstić information content (AvgIpc) is 3.41. The van der Waals surface area contributed by atoms with Gasteiger partial charge in [-0.05, 0) is 30.2 Å². The predicted octanol–water partition coefficient (Wildman–Crippen LogP) is 2.25. The molecular weight excluding hydrogens is 506 g/mol. The zero-order chi connectivity index (χ0) is 27.3. The van der Waals surface area contributed by atoms with E-state index in [1.54, 1.807) is 24.0 Å². The van der Waals surface area contributed by atoms with Gasteiger partial charge in [0.1, 0.15) is 11.9 Å². The van der Waals surface area contributed by atoms with Crippen molar-refractivity contribution in [2.45, 2.75) is 30.7 Å². The molecule has 4 saturated heterocycles. The summed E-state index contributed by atoms with van der Waals surface area (Å²) in [5, 5.41) is 24.4. The summed E-state index contributed by atoms with van der Waals surface area (Å²) >= 11 is 0. The van der Waals surface area contributed by atoms with Gasteiger partial charge in [0.05, 0.1) is 37.6 Å². The topological polar surface area (TPSA) is 112 Å². The third-order valence-corrected chi connectivity index (χ3v) is 7.95. The summed E-state index contributed by atoms with van der Waals surface area (Å²) in [6.45, 7) is 3.15. The Balaban J connectivity index is 1.11. The van der Waals surface area contributed by atoms with E-state index in [1.165, 1.54) is 12.0 Å². The number of aromatic nitrogens is 4. The highest BCUT2D eigenvalue weighted by atomic mass is 16.5. The zero-order valence-corrected chi connectivity index (χ0v) is 22.0. The third-order valence-electron chi connectivity index (χ3n) is 7.95. The van der Waals surface area contributed by atoms with Crippen LogP contribution in [0.25, 0.3) is 16.6 Å². The molecule has 200 valence electrons. The molecular formula is C30H27N7O3. The van der Waals surface area contributed by atoms with Gasteiger partial charge in [0.25, 0.3) is 0 Å². The summed E-state index contributed by atoms with van der Waals surface area (Å²) in [6.07, 6.45) is 8.27. The number of aliphatic hydroxyl groups is 1. The van der Waals surface area contributed by atoms with Crippen LogP contribution in [0.5, 0.6) is 5.88 Å². The van der Waals surface area contributed by atoms with Crippen LogP contribution in [0.4, 0.5) is 5.82 Å². The van der Waals surface area contributed by atoms with Gasteiger partial charge in [0.2, 0.25) is 5.88 Å². The fourth-order valence-corrected chi connectivity index (χ4v) is 5.75. The van der Waals surface area contributed by atoms with E-state index in [9.17, 15) is 10.4 Å². The number of hydrogen-bond acceptors (Lipinski definition) is 9. The van der Waals surface area contributed by atoms with Gasteiger partial charge in [-0.25, -0.2) is 14.5 Å². The highest BCUT2D eigenvalue weighted by Crippen LogP contribution is 2.36. The second-order valence-electron chi connectivity index (χ2n) is 10.6. The molecule has 40 heavy (non-hydrogen) atoms. The number of piperidine rings is 1. The zero-order valence-electron chi connectivity index (χ0n) is 22.0. The lowest BCUT2D eigenvalue weighted by Crippen LogP contribution is -2.68. The Morgan fingerprint density at radius 2 is 1.98 bits per heavy atom. The summed E-state index contributed by atoms with van der Waals surface area (Å²) in [4.78, 5) is 14.1. The highest BCUT2D eigenvalue weighted by Gasteiger charge is 2.44. The van der Waals surface area contributed by atoms with Crippen molar-refractivity contribution in [3.8, 4) is 34.9 Å². The summed E-state index contributed by atoms with van der Waals surface area (Å²) < 4.78 is 11.9. The number of hydrogen-bond donors (Lipinski definition) is 1. The largest absolute Gasteiger partial charge is 0.481 e. The van der Waals surface area contributed by atoms with Crippen LogP contribution in [0.2, 0.25) is 0 Å². The molecule has 4 aliphatic rings. The van der Waals surface area contributed by atoms with Gasteiger partial charge in [-0.3, -0.25) is 4.90 Å². The first-order valence-electron chi connectivity index (χ1n) is 13.2. The van der Waals surface area contributed by atoms with Crippen molar-refractivity contribution < 1.29 is 14.6 Å². The number of fused-ring (bicyclic) bond motifs is 3. The molecule has 8 heterocycles. The van der Waals surface area contributed by atoms with Gasteiger partial charge < -0.3 is 19.5 Å². The Morgan fingerprint density at radius 1 is 1.12 bits per heavy atom. The minimum Gasteiger partial charge on any atom is -0.481 e. The maximum Gasteiger partial charge on any atom is 0.212 e. The predicted molar refractivity (Wildman–Crippen MR) is 147 cm³/mol. The number of ether oxygens (including phenoxy) is 2. The fourth-order valence-electron chi connectivity index (χ4n) is 5.75. The van der Waals surface area contributed by atoms with Crippen LogP contribution in [-0.2, 0) is 11.3 Å². The van der Waals surface area contributed by atoms with E-state index in [1.807, 2.05) is 36.7 Å². The van der Waals surface area contributed by atoms with Crippen molar-refractivity contribution >= 4 is 11.3 Å². The number of nitriles is 1. The van der Waals surface area contributed by atoms with E-state index < -0.39 is 5.60 Å². The number of rotatable bonds is 5. The van der Waals surface area contributed by atoms with E-state index in [2.05, 4.69) is 43.9 Å². The Bertz CT molecular complexity index is 1670. The molecule has 10 heteroatoms. The minimum atomic E-state index is -1.11. The van der Waals surface area contributed by atoms with Crippen LogP contribution in [0, 0.1) is 23.2 Å². The Kier molecular flexibility index (Phi) is 5.90. The average molecular weight is 534 g/mol. The van der Waals surface area contributed by atoms with Crippen LogP contribution in [-0.4, -0.2) is 80.7 Å². The van der Waals surface area contributed by atoms with E-state index in [-0.39, 0.29) is 13.2 Å². The summed E-state index contributed by atoms with van der Waals surface area (Å²) in [7, 11) is 1.63. The van der Waals surface area contributed by atoms with E-state index in [4.69, 9.17) is 14.5 Å². The normalized spacial score (nSPS) is 21.1. The van der Waals surface area contributed by atoms with Crippen LogP contribution >= 0.6 is 0 Å². The van der Waals surface area contributed by atoms with Crippen molar-refractivity contribution in [2.75, 3.05) is 38.3 Å². The van der Waals surface area contributed by atoms with Crippen LogP contribution < -0.4 is 9.64 Å². The molecule has 2 atom stereocenters. The lowest BCUT2D eigenvalue weighted by molar-refractivity contribution is -0.140. The number of anilines is 1. The molecule has 2 bridgehead atoms. The molecule has 0 aromatic carbocycles. The molecule has 0 saturated carbocycles. The van der Waals surface area contributed by atoms with Crippen molar-refractivity contribution in [1.29, 1.82) is 5.26 Å². The molecule has 2 unspecified atom stereocenters. The highest BCUT2D eigenvalue weighted by molar-refractivity contribution is 5.85. The molecule has 10 nitrogen and oxygen atoms in total. The standard InChI is InChI=1S/C30H27N7O3/c1-39-28-5-2-21(11-33-28)14-36-24-9-25(36)17-35(16-24)27-4-3-22(12-32-27)26-8-20(6-7-30(38)18-40-19-30)15-37-29(26)23(10-31)13-34-37/h2-5,8,11-13,15,24-25,38H,9,14,16-19H2,1H3. The maximum absolute atomic E-state index is 10.3. The van der Waals surface area contributed by atoms with Crippen molar-refractivity contribution in [3.05, 3.63) is 71.8 Å². The first kappa shape index (κ1) is 24.6. The molecule has 4 fully saturated rings. The van der Waals surface area contributed by atoms with E-state index >= 15 is 0 Å². The second-order valence-corrected chi connectivity index (χ2v) is 10.6. The molecule has 0 radical (unpaired) electrons.